The third-order valence-electron chi connectivity index (χ3n) is 3.96. The lowest BCUT2D eigenvalue weighted by Gasteiger charge is -2.18. The number of ether oxygens (including phenoxy) is 2. The number of nitrogens with two attached hydrogens (primary N) is 1. The Bertz CT molecular complexity index is 865. The summed E-state index contributed by atoms with van der Waals surface area (Å²) in [5.41, 5.74) is 8.74. The number of hydrogen-bond donors (Lipinski definition) is 1. The minimum atomic E-state index is -4.72. The van der Waals surface area contributed by atoms with Crippen molar-refractivity contribution in [3.05, 3.63) is 95.6 Å². The van der Waals surface area contributed by atoms with E-state index in [2.05, 4.69) is 4.74 Å². The van der Waals surface area contributed by atoms with Crippen LogP contribution in [-0.4, -0.2) is 6.36 Å². The molecule has 0 amide bonds. The molecule has 0 heterocycles. The van der Waals surface area contributed by atoms with Crippen molar-refractivity contribution in [1.29, 1.82) is 0 Å². The summed E-state index contributed by atoms with van der Waals surface area (Å²) >= 11 is 0. The van der Waals surface area contributed by atoms with Crippen LogP contribution in [0, 0.1) is 0 Å². The van der Waals surface area contributed by atoms with Crippen molar-refractivity contribution in [3.8, 4) is 11.5 Å². The molecule has 27 heavy (non-hydrogen) atoms. The van der Waals surface area contributed by atoms with Crippen LogP contribution >= 0.6 is 0 Å². The van der Waals surface area contributed by atoms with Crippen LogP contribution in [0.3, 0.4) is 0 Å². The van der Waals surface area contributed by atoms with Gasteiger partial charge < -0.3 is 15.2 Å². The number of para-hydroxylation sites is 1. The Balaban J connectivity index is 1.75. The number of rotatable bonds is 6. The molecule has 0 fully saturated rings. The van der Waals surface area contributed by atoms with Gasteiger partial charge in [0.1, 0.15) is 18.1 Å². The van der Waals surface area contributed by atoms with Crippen molar-refractivity contribution in [3.63, 3.8) is 0 Å². The highest BCUT2D eigenvalue weighted by atomic mass is 19.4. The third-order valence-corrected chi connectivity index (χ3v) is 3.96. The molecule has 6 heteroatoms. The molecule has 0 aromatic heterocycles. The summed E-state index contributed by atoms with van der Waals surface area (Å²) < 4.78 is 46.6. The highest BCUT2D eigenvalue weighted by molar-refractivity contribution is 5.42. The Hall–Kier alpha value is -2.99. The number of alkyl halides is 3. The van der Waals surface area contributed by atoms with Crippen molar-refractivity contribution >= 4 is 0 Å². The molecule has 0 spiro atoms. The third kappa shape index (κ3) is 5.24. The van der Waals surface area contributed by atoms with E-state index in [-0.39, 0.29) is 5.75 Å². The van der Waals surface area contributed by atoms with E-state index in [1.165, 1.54) is 24.3 Å². The molecule has 3 nitrogen and oxygen atoms in total. The normalized spacial score (nSPS) is 12.4. The van der Waals surface area contributed by atoms with Crippen molar-refractivity contribution in [2.45, 2.75) is 19.0 Å². The number of halogens is 3. The van der Waals surface area contributed by atoms with Gasteiger partial charge in [-0.25, -0.2) is 0 Å². The van der Waals surface area contributed by atoms with Gasteiger partial charge in [-0.1, -0.05) is 60.7 Å². The Kier molecular flexibility index (Phi) is 5.66. The second kappa shape index (κ2) is 8.14. The van der Waals surface area contributed by atoms with Crippen LogP contribution in [-0.2, 0) is 6.61 Å². The number of benzene rings is 3. The van der Waals surface area contributed by atoms with Gasteiger partial charge in [-0.3, -0.25) is 0 Å². The van der Waals surface area contributed by atoms with Gasteiger partial charge in [0, 0.05) is 5.56 Å². The van der Waals surface area contributed by atoms with Crippen LogP contribution in [0.5, 0.6) is 11.5 Å². The lowest BCUT2D eigenvalue weighted by Crippen LogP contribution is -2.17. The van der Waals surface area contributed by atoms with Crippen molar-refractivity contribution in [2.24, 2.45) is 5.73 Å². The standard InChI is InChI=1S/C21H18F3NO2/c22-21(23,24)27-17-12-10-16(11-13-17)20(25)18-8-4-5-9-19(18)26-14-15-6-2-1-3-7-15/h1-13,20H,14,25H2/t20-/m0/s1. The average Bonchev–Trinajstić information content (AvgIpc) is 2.66. The Morgan fingerprint density at radius 3 is 2.11 bits per heavy atom. The molecule has 0 aliphatic heterocycles. The summed E-state index contributed by atoms with van der Waals surface area (Å²) in [5.74, 6) is 0.344. The SMILES string of the molecule is N[C@@H](c1ccc(OC(F)(F)F)cc1)c1ccccc1OCc1ccccc1. The first-order chi connectivity index (χ1) is 12.9. The quantitative estimate of drug-likeness (QED) is 0.645. The van der Waals surface area contributed by atoms with Crippen molar-refractivity contribution < 1.29 is 22.6 Å². The van der Waals surface area contributed by atoms with E-state index in [0.717, 1.165) is 11.1 Å². The molecule has 3 aromatic carbocycles. The second-order valence-corrected chi connectivity index (χ2v) is 5.91. The van der Waals surface area contributed by atoms with Gasteiger partial charge in [0.25, 0.3) is 0 Å². The summed E-state index contributed by atoms with van der Waals surface area (Å²) in [6.45, 7) is 0.392. The van der Waals surface area contributed by atoms with Gasteiger partial charge in [-0.15, -0.1) is 13.2 Å². The van der Waals surface area contributed by atoms with Crippen LogP contribution < -0.4 is 15.2 Å². The van der Waals surface area contributed by atoms with Gasteiger partial charge in [0.2, 0.25) is 0 Å². The summed E-state index contributed by atoms with van der Waals surface area (Å²) in [4.78, 5) is 0. The monoisotopic (exact) mass is 373 g/mol. The summed E-state index contributed by atoms with van der Waals surface area (Å²) in [5, 5.41) is 0. The maximum absolute atomic E-state index is 12.3. The minimum Gasteiger partial charge on any atom is -0.489 e. The molecule has 0 saturated heterocycles. The minimum absolute atomic E-state index is 0.285. The first-order valence-electron chi connectivity index (χ1n) is 8.29. The summed E-state index contributed by atoms with van der Waals surface area (Å²) in [6, 6.07) is 22.0. The van der Waals surface area contributed by atoms with Crippen LogP contribution in [0.4, 0.5) is 13.2 Å². The number of hydrogen-bond acceptors (Lipinski definition) is 3. The van der Waals surface area contributed by atoms with Gasteiger partial charge >= 0.3 is 6.36 Å². The fraction of sp³-hybridized carbons (Fsp3) is 0.143. The molecule has 3 aromatic rings. The molecule has 0 radical (unpaired) electrons. The van der Waals surface area contributed by atoms with E-state index >= 15 is 0 Å². The molecule has 0 bridgehead atoms. The van der Waals surface area contributed by atoms with E-state index in [1.807, 2.05) is 54.6 Å². The van der Waals surface area contributed by atoms with Crippen LogP contribution in [0.15, 0.2) is 78.9 Å². The molecule has 140 valence electrons. The van der Waals surface area contributed by atoms with Crippen LogP contribution in [0.2, 0.25) is 0 Å². The summed E-state index contributed by atoms with van der Waals surface area (Å²) in [7, 11) is 0. The molecule has 2 N–H and O–H groups in total. The lowest BCUT2D eigenvalue weighted by atomic mass is 9.98. The zero-order valence-electron chi connectivity index (χ0n) is 14.3. The van der Waals surface area contributed by atoms with Gasteiger partial charge in [-0.05, 0) is 29.3 Å². The zero-order valence-corrected chi connectivity index (χ0v) is 14.3. The van der Waals surface area contributed by atoms with E-state index < -0.39 is 12.4 Å². The molecular weight excluding hydrogens is 355 g/mol. The molecule has 0 unspecified atom stereocenters. The molecule has 0 aliphatic rings. The lowest BCUT2D eigenvalue weighted by molar-refractivity contribution is -0.274. The molecule has 1 atom stereocenters. The Labute approximate surface area is 155 Å². The molecule has 0 saturated carbocycles. The topological polar surface area (TPSA) is 44.5 Å². The van der Waals surface area contributed by atoms with E-state index in [4.69, 9.17) is 10.5 Å². The average molecular weight is 373 g/mol. The highest BCUT2D eigenvalue weighted by Crippen LogP contribution is 2.30. The predicted molar refractivity (Wildman–Crippen MR) is 96.4 cm³/mol. The fourth-order valence-electron chi connectivity index (χ4n) is 2.66. The van der Waals surface area contributed by atoms with Crippen molar-refractivity contribution in [2.75, 3.05) is 0 Å². The first kappa shape index (κ1) is 18.8. The molecular formula is C21H18F3NO2. The van der Waals surface area contributed by atoms with Gasteiger partial charge in [0.15, 0.2) is 0 Å². The van der Waals surface area contributed by atoms with Gasteiger partial charge in [-0.2, -0.15) is 0 Å². The van der Waals surface area contributed by atoms with E-state index in [0.29, 0.717) is 17.9 Å². The van der Waals surface area contributed by atoms with Crippen LogP contribution in [0.25, 0.3) is 0 Å². The molecule has 0 aliphatic carbocycles. The fourth-order valence-corrected chi connectivity index (χ4v) is 2.66. The first-order valence-corrected chi connectivity index (χ1v) is 8.29. The highest BCUT2D eigenvalue weighted by Gasteiger charge is 2.31. The predicted octanol–water partition coefficient (Wildman–Crippen LogP) is 5.21. The maximum Gasteiger partial charge on any atom is 0.573 e. The van der Waals surface area contributed by atoms with Crippen LogP contribution in [0.1, 0.15) is 22.7 Å². The second-order valence-electron chi connectivity index (χ2n) is 5.91. The van der Waals surface area contributed by atoms with Crippen molar-refractivity contribution in [1.82, 2.24) is 0 Å². The summed E-state index contributed by atoms with van der Waals surface area (Å²) in [6.07, 6.45) is -4.72. The van der Waals surface area contributed by atoms with E-state index in [9.17, 15) is 13.2 Å². The van der Waals surface area contributed by atoms with Gasteiger partial charge in [0.05, 0.1) is 6.04 Å². The Morgan fingerprint density at radius 2 is 1.44 bits per heavy atom. The smallest absolute Gasteiger partial charge is 0.489 e. The Morgan fingerprint density at radius 1 is 0.815 bits per heavy atom. The largest absolute Gasteiger partial charge is 0.573 e. The van der Waals surface area contributed by atoms with E-state index in [1.54, 1.807) is 0 Å². The zero-order chi connectivity index (χ0) is 19.3. The maximum atomic E-state index is 12.3. The molecule has 3 rings (SSSR count).